The number of para-hydroxylation sites is 1. The molecule has 0 saturated carbocycles. The third-order valence-corrected chi connectivity index (χ3v) is 5.41. The third-order valence-electron chi connectivity index (χ3n) is 5.41. The highest BCUT2D eigenvalue weighted by Crippen LogP contribution is 2.23. The molecule has 2 aromatic carbocycles. The quantitative estimate of drug-likeness (QED) is 0.712. The van der Waals surface area contributed by atoms with Crippen LogP contribution in [0.3, 0.4) is 0 Å². The molecule has 0 radical (unpaired) electrons. The van der Waals surface area contributed by atoms with Crippen molar-refractivity contribution in [3.63, 3.8) is 0 Å². The minimum absolute atomic E-state index is 0.0783. The molecule has 0 aliphatic carbocycles. The van der Waals surface area contributed by atoms with E-state index in [4.69, 9.17) is 4.74 Å². The van der Waals surface area contributed by atoms with E-state index in [1.165, 1.54) is 0 Å². The lowest BCUT2D eigenvalue weighted by molar-refractivity contribution is -0.157. The summed E-state index contributed by atoms with van der Waals surface area (Å²) in [5, 5.41) is 2.88. The summed E-state index contributed by atoms with van der Waals surface area (Å²) in [6, 6.07) is 15.5. The summed E-state index contributed by atoms with van der Waals surface area (Å²) in [4.78, 5) is 39.1. The lowest BCUT2D eigenvalue weighted by Crippen LogP contribution is -2.33. The number of nitrogens with one attached hydrogen (secondary N) is 1. The summed E-state index contributed by atoms with van der Waals surface area (Å²) in [5.41, 5.74) is 3.76. The summed E-state index contributed by atoms with van der Waals surface area (Å²) in [5.74, 6) is -1.52. The molecule has 2 amide bonds. The molecule has 0 spiro atoms. The minimum atomic E-state index is -0.944. The zero-order valence-electron chi connectivity index (χ0n) is 17.7. The Morgan fingerprint density at radius 2 is 1.90 bits per heavy atom. The molecule has 0 aromatic heterocycles. The number of likely N-dealkylation sites (tertiary alicyclic amines) is 1. The maximum Gasteiger partial charge on any atom is 0.312 e. The molecule has 158 valence electrons. The molecule has 6 nitrogen and oxygen atoms in total. The molecule has 1 fully saturated rings. The van der Waals surface area contributed by atoms with E-state index in [-0.39, 0.29) is 18.2 Å². The fourth-order valence-corrected chi connectivity index (χ4v) is 3.64. The van der Waals surface area contributed by atoms with Gasteiger partial charge in [-0.2, -0.15) is 0 Å². The Labute approximate surface area is 177 Å². The standard InChI is InChI=1S/C24H28N2O4/c1-4-19-12-8-9-16(2)22(19)25-23(28)17(3)30-24(29)20-13-21(27)26(15-20)14-18-10-6-5-7-11-18/h5-12,17,20H,4,13-15H2,1-3H3,(H,25,28)/t17-,20+/m0/s1. The van der Waals surface area contributed by atoms with Crippen molar-refractivity contribution in [3.05, 3.63) is 65.2 Å². The highest BCUT2D eigenvalue weighted by atomic mass is 16.5. The molecule has 2 atom stereocenters. The number of esters is 1. The number of hydrogen-bond donors (Lipinski definition) is 1. The Hall–Kier alpha value is -3.15. The Morgan fingerprint density at radius 3 is 2.60 bits per heavy atom. The highest BCUT2D eigenvalue weighted by molar-refractivity contribution is 5.97. The maximum atomic E-state index is 12.6. The lowest BCUT2D eigenvalue weighted by atomic mass is 10.1. The number of aryl methyl sites for hydroxylation is 2. The van der Waals surface area contributed by atoms with Crippen LogP contribution in [0.15, 0.2) is 48.5 Å². The van der Waals surface area contributed by atoms with Gasteiger partial charge in [0.05, 0.1) is 5.92 Å². The summed E-state index contributed by atoms with van der Waals surface area (Å²) in [7, 11) is 0. The van der Waals surface area contributed by atoms with Gasteiger partial charge in [-0.1, -0.05) is 55.5 Å². The number of rotatable bonds is 7. The average molecular weight is 408 g/mol. The average Bonchev–Trinajstić information content (AvgIpc) is 3.10. The molecule has 30 heavy (non-hydrogen) atoms. The first kappa shape index (κ1) is 21.6. The molecule has 1 N–H and O–H groups in total. The van der Waals surface area contributed by atoms with Crippen LogP contribution in [-0.4, -0.2) is 35.3 Å². The van der Waals surface area contributed by atoms with Gasteiger partial charge in [0, 0.05) is 25.2 Å². The van der Waals surface area contributed by atoms with Crippen molar-refractivity contribution < 1.29 is 19.1 Å². The number of carbonyl (C=O) groups is 3. The van der Waals surface area contributed by atoms with E-state index >= 15 is 0 Å². The van der Waals surface area contributed by atoms with E-state index in [0.29, 0.717) is 13.1 Å². The second-order valence-electron chi connectivity index (χ2n) is 7.69. The molecular formula is C24H28N2O4. The third kappa shape index (κ3) is 5.06. The van der Waals surface area contributed by atoms with Crippen LogP contribution in [0.25, 0.3) is 0 Å². The van der Waals surface area contributed by atoms with Gasteiger partial charge in [0.25, 0.3) is 5.91 Å². The zero-order chi connectivity index (χ0) is 21.7. The van der Waals surface area contributed by atoms with Gasteiger partial charge in [0.15, 0.2) is 6.10 Å². The number of benzene rings is 2. The molecule has 0 unspecified atom stereocenters. The van der Waals surface area contributed by atoms with Crippen molar-refractivity contribution in [1.82, 2.24) is 4.90 Å². The molecule has 1 heterocycles. The summed E-state index contributed by atoms with van der Waals surface area (Å²) >= 11 is 0. The van der Waals surface area contributed by atoms with Crippen molar-refractivity contribution in [2.24, 2.45) is 5.92 Å². The topological polar surface area (TPSA) is 75.7 Å². The van der Waals surface area contributed by atoms with E-state index in [2.05, 4.69) is 5.32 Å². The highest BCUT2D eigenvalue weighted by Gasteiger charge is 2.36. The van der Waals surface area contributed by atoms with E-state index in [1.54, 1.807) is 11.8 Å². The number of hydrogen-bond acceptors (Lipinski definition) is 4. The number of anilines is 1. The predicted octanol–water partition coefficient (Wildman–Crippen LogP) is 3.48. The van der Waals surface area contributed by atoms with Gasteiger partial charge in [0.2, 0.25) is 5.91 Å². The van der Waals surface area contributed by atoms with Crippen LogP contribution in [0.4, 0.5) is 5.69 Å². The Balaban J connectivity index is 1.56. The molecule has 1 aliphatic heterocycles. The Morgan fingerprint density at radius 1 is 1.17 bits per heavy atom. The van der Waals surface area contributed by atoms with Crippen molar-refractivity contribution >= 4 is 23.5 Å². The fourth-order valence-electron chi connectivity index (χ4n) is 3.64. The number of ether oxygens (including phenoxy) is 1. The molecular weight excluding hydrogens is 380 g/mol. The van der Waals surface area contributed by atoms with Gasteiger partial charge in [0.1, 0.15) is 0 Å². The van der Waals surface area contributed by atoms with Crippen molar-refractivity contribution in [3.8, 4) is 0 Å². The van der Waals surface area contributed by atoms with Crippen molar-refractivity contribution in [1.29, 1.82) is 0 Å². The molecule has 0 bridgehead atoms. The Bertz CT molecular complexity index is 926. The van der Waals surface area contributed by atoms with E-state index in [0.717, 1.165) is 28.8 Å². The molecule has 3 rings (SSSR count). The molecule has 2 aromatic rings. The van der Waals surface area contributed by atoms with E-state index in [9.17, 15) is 14.4 Å². The molecule has 1 saturated heterocycles. The second-order valence-corrected chi connectivity index (χ2v) is 7.69. The van der Waals surface area contributed by atoms with Crippen LogP contribution in [0.5, 0.6) is 0 Å². The van der Waals surface area contributed by atoms with Gasteiger partial charge in [-0.15, -0.1) is 0 Å². The second kappa shape index (κ2) is 9.57. The summed E-state index contributed by atoms with van der Waals surface area (Å²) in [6.07, 6.45) is -0.0508. The summed E-state index contributed by atoms with van der Waals surface area (Å²) < 4.78 is 5.40. The number of amides is 2. The first-order chi connectivity index (χ1) is 14.4. The first-order valence-corrected chi connectivity index (χ1v) is 10.3. The monoisotopic (exact) mass is 408 g/mol. The SMILES string of the molecule is CCc1cccc(C)c1NC(=O)[C@H](C)OC(=O)[C@@H]1CC(=O)N(Cc2ccccc2)C1. The van der Waals surface area contributed by atoms with Crippen LogP contribution in [0, 0.1) is 12.8 Å². The van der Waals surface area contributed by atoms with Gasteiger partial charge < -0.3 is 15.0 Å². The van der Waals surface area contributed by atoms with Gasteiger partial charge >= 0.3 is 5.97 Å². The normalized spacial score (nSPS) is 17.0. The maximum absolute atomic E-state index is 12.6. The fraction of sp³-hybridized carbons (Fsp3) is 0.375. The molecule has 1 aliphatic rings. The largest absolute Gasteiger partial charge is 0.452 e. The van der Waals surface area contributed by atoms with Gasteiger partial charge in [-0.3, -0.25) is 14.4 Å². The summed E-state index contributed by atoms with van der Waals surface area (Å²) in [6.45, 7) is 6.27. The van der Waals surface area contributed by atoms with Crippen molar-refractivity contribution in [2.75, 3.05) is 11.9 Å². The van der Waals surface area contributed by atoms with Crippen LogP contribution >= 0.6 is 0 Å². The predicted molar refractivity (Wildman–Crippen MR) is 115 cm³/mol. The van der Waals surface area contributed by atoms with Gasteiger partial charge in [-0.05, 0) is 37.0 Å². The Kier molecular flexibility index (Phi) is 6.87. The van der Waals surface area contributed by atoms with Gasteiger partial charge in [-0.25, -0.2) is 0 Å². The zero-order valence-corrected chi connectivity index (χ0v) is 17.7. The smallest absolute Gasteiger partial charge is 0.312 e. The van der Waals surface area contributed by atoms with Crippen LogP contribution in [-0.2, 0) is 32.1 Å². The van der Waals surface area contributed by atoms with Crippen LogP contribution in [0.2, 0.25) is 0 Å². The number of carbonyl (C=O) groups excluding carboxylic acids is 3. The lowest BCUT2D eigenvalue weighted by Gasteiger charge is -2.19. The molecule has 6 heteroatoms. The number of nitrogens with zero attached hydrogens (tertiary/aromatic N) is 1. The van der Waals surface area contributed by atoms with Crippen molar-refractivity contribution in [2.45, 2.75) is 46.3 Å². The van der Waals surface area contributed by atoms with E-state index < -0.39 is 18.0 Å². The van der Waals surface area contributed by atoms with Crippen LogP contribution < -0.4 is 5.32 Å². The van der Waals surface area contributed by atoms with E-state index in [1.807, 2.05) is 62.4 Å². The van der Waals surface area contributed by atoms with Crippen LogP contribution in [0.1, 0.15) is 37.0 Å². The first-order valence-electron chi connectivity index (χ1n) is 10.3. The minimum Gasteiger partial charge on any atom is -0.452 e.